The van der Waals surface area contributed by atoms with Gasteiger partial charge in [-0.05, 0) is 53.9 Å². The number of hydrogen-bond donors (Lipinski definition) is 3. The molecule has 0 bridgehead atoms. The Labute approximate surface area is 293 Å². The maximum absolute atomic E-state index is 12.8. The van der Waals surface area contributed by atoms with Gasteiger partial charge in [0, 0.05) is 34.2 Å². The van der Waals surface area contributed by atoms with Gasteiger partial charge in [-0.1, -0.05) is 127 Å². The summed E-state index contributed by atoms with van der Waals surface area (Å²) in [5, 5.41) is 22.3. The Morgan fingerprint density at radius 3 is 2.02 bits per heavy atom. The van der Waals surface area contributed by atoms with Crippen LogP contribution in [0.2, 0.25) is 0 Å². The molecule has 6 nitrogen and oxygen atoms in total. The molecule has 4 atom stereocenters. The molecule has 48 heavy (non-hydrogen) atoms. The molecule has 3 N–H and O–H groups in total. The van der Waals surface area contributed by atoms with Crippen molar-refractivity contribution in [2.24, 2.45) is 5.92 Å². The van der Waals surface area contributed by atoms with Crippen molar-refractivity contribution in [1.82, 2.24) is 0 Å². The highest BCUT2D eigenvalue weighted by Gasteiger charge is 2.38. The summed E-state index contributed by atoms with van der Waals surface area (Å²) in [7, 11) is 0. The van der Waals surface area contributed by atoms with E-state index < -0.39 is 6.29 Å². The van der Waals surface area contributed by atoms with Gasteiger partial charge in [0.1, 0.15) is 5.75 Å². The van der Waals surface area contributed by atoms with Gasteiger partial charge in [0.2, 0.25) is 5.91 Å². The minimum Gasteiger partial charge on any atom is -0.508 e. The zero-order valence-electron chi connectivity index (χ0n) is 29.1. The van der Waals surface area contributed by atoms with E-state index in [1.165, 1.54) is 70.6 Å². The van der Waals surface area contributed by atoms with E-state index in [4.69, 9.17) is 9.47 Å². The zero-order valence-corrected chi connectivity index (χ0v) is 29.9. The summed E-state index contributed by atoms with van der Waals surface area (Å²) in [4.78, 5) is 13.9. The van der Waals surface area contributed by atoms with Gasteiger partial charge in [0.15, 0.2) is 6.29 Å². The van der Waals surface area contributed by atoms with Crippen LogP contribution in [0.4, 0.5) is 5.69 Å². The Balaban J connectivity index is 1.26. The lowest BCUT2D eigenvalue weighted by molar-refractivity contribution is -0.268. The number of benzene rings is 3. The molecular formula is C41H57NO5S. The molecule has 0 aromatic heterocycles. The lowest BCUT2D eigenvalue weighted by atomic mass is 9.91. The van der Waals surface area contributed by atoms with Crippen molar-refractivity contribution < 1.29 is 24.5 Å². The average molecular weight is 676 g/mol. The van der Waals surface area contributed by atoms with Crippen LogP contribution in [0.25, 0.3) is 0 Å². The Morgan fingerprint density at radius 2 is 1.40 bits per heavy atom. The van der Waals surface area contributed by atoms with E-state index in [0.29, 0.717) is 12.2 Å². The van der Waals surface area contributed by atoms with Gasteiger partial charge < -0.3 is 25.0 Å². The van der Waals surface area contributed by atoms with E-state index in [2.05, 4.69) is 19.2 Å². The second kappa shape index (κ2) is 21.3. The topological polar surface area (TPSA) is 88.0 Å². The van der Waals surface area contributed by atoms with Crippen LogP contribution < -0.4 is 5.32 Å². The molecule has 1 saturated heterocycles. The Kier molecular flexibility index (Phi) is 16.8. The van der Waals surface area contributed by atoms with E-state index in [-0.39, 0.29) is 36.4 Å². The fourth-order valence-corrected chi connectivity index (χ4v) is 7.39. The Hall–Kier alpha value is -2.84. The first-order valence-corrected chi connectivity index (χ1v) is 19.3. The van der Waals surface area contributed by atoms with Crippen molar-refractivity contribution in [3.8, 4) is 5.75 Å². The Bertz CT molecular complexity index is 1330. The highest BCUT2D eigenvalue weighted by molar-refractivity contribution is 7.99. The molecule has 3 aromatic carbocycles. The largest absolute Gasteiger partial charge is 0.508 e. The van der Waals surface area contributed by atoms with Crippen LogP contribution in [0.3, 0.4) is 0 Å². The predicted molar refractivity (Wildman–Crippen MR) is 197 cm³/mol. The van der Waals surface area contributed by atoms with Crippen LogP contribution in [0, 0.1) is 5.92 Å². The van der Waals surface area contributed by atoms with Crippen molar-refractivity contribution in [2.75, 3.05) is 11.1 Å². The van der Waals surface area contributed by atoms with Gasteiger partial charge in [-0.15, -0.1) is 11.8 Å². The summed E-state index contributed by atoms with van der Waals surface area (Å²) >= 11 is 1.69. The summed E-state index contributed by atoms with van der Waals surface area (Å²) in [6.45, 7) is 4.41. The van der Waals surface area contributed by atoms with Crippen LogP contribution in [0.15, 0.2) is 77.7 Å². The number of phenols is 1. The van der Waals surface area contributed by atoms with Gasteiger partial charge >= 0.3 is 0 Å². The first-order valence-electron chi connectivity index (χ1n) is 18.3. The minimum atomic E-state index is -0.605. The number of aliphatic hydroxyl groups excluding tert-OH is 1. The fourth-order valence-electron chi connectivity index (χ4n) is 6.32. The smallest absolute Gasteiger partial charge is 0.224 e. The maximum atomic E-state index is 12.8. The third-order valence-corrected chi connectivity index (χ3v) is 10.4. The third kappa shape index (κ3) is 12.9. The molecule has 0 radical (unpaired) electrons. The summed E-state index contributed by atoms with van der Waals surface area (Å²) in [6, 6.07) is 22.9. The molecule has 1 heterocycles. The summed E-state index contributed by atoms with van der Waals surface area (Å²) in [5.41, 5.74) is 3.50. The van der Waals surface area contributed by atoms with E-state index in [9.17, 15) is 15.0 Å². The highest BCUT2D eigenvalue weighted by atomic mass is 32.2. The average Bonchev–Trinajstić information content (AvgIpc) is 3.10. The number of carbonyl (C=O) groups is 1. The number of amides is 1. The molecule has 1 fully saturated rings. The summed E-state index contributed by atoms with van der Waals surface area (Å²) in [6.07, 6.45) is 16.3. The molecule has 0 spiro atoms. The van der Waals surface area contributed by atoms with Crippen LogP contribution in [0.5, 0.6) is 5.75 Å². The number of unbranched alkanes of at least 4 members (excludes halogenated alkanes) is 12. The standard InChI is InChI=1S/C41H57NO5S/c1-3-4-5-6-7-8-9-10-11-12-13-14-15-19-39(45)42-35-18-16-17-34(28-35)41-46-38(30-48-37-26-24-36(44)25-27-37)31(2)40(47-41)33-22-20-32(29-43)21-23-33/h16-18,20-28,31,38,40-41,43-44H,3-15,19,29-30H2,1-2H3,(H,42,45). The van der Waals surface area contributed by atoms with E-state index in [0.717, 1.165) is 40.1 Å². The van der Waals surface area contributed by atoms with Crippen LogP contribution in [-0.4, -0.2) is 28.0 Å². The molecule has 0 aliphatic carbocycles. The number of rotatable bonds is 21. The summed E-state index contributed by atoms with van der Waals surface area (Å²) < 4.78 is 13.2. The van der Waals surface area contributed by atoms with Gasteiger partial charge in [-0.25, -0.2) is 0 Å². The van der Waals surface area contributed by atoms with Gasteiger partial charge in [-0.2, -0.15) is 0 Å². The molecule has 1 amide bonds. The van der Waals surface area contributed by atoms with Crippen molar-refractivity contribution in [3.63, 3.8) is 0 Å². The molecule has 1 aliphatic heterocycles. The molecule has 1 aliphatic rings. The number of nitrogens with one attached hydrogen (secondary N) is 1. The number of aliphatic hydroxyl groups is 1. The van der Waals surface area contributed by atoms with Crippen molar-refractivity contribution in [1.29, 1.82) is 0 Å². The first-order chi connectivity index (χ1) is 23.5. The van der Waals surface area contributed by atoms with Crippen molar-refractivity contribution in [2.45, 2.75) is 134 Å². The molecular weight excluding hydrogens is 619 g/mol. The molecule has 7 heteroatoms. The molecule has 4 unspecified atom stereocenters. The van der Waals surface area contributed by atoms with E-state index in [1.54, 1.807) is 23.9 Å². The van der Waals surface area contributed by atoms with Crippen molar-refractivity contribution >= 4 is 23.4 Å². The monoisotopic (exact) mass is 675 g/mol. The predicted octanol–water partition coefficient (Wildman–Crippen LogP) is 10.9. The zero-order chi connectivity index (χ0) is 34.0. The van der Waals surface area contributed by atoms with Gasteiger partial charge in [0.05, 0.1) is 18.8 Å². The van der Waals surface area contributed by atoms with E-state index in [1.807, 2.05) is 60.7 Å². The molecule has 0 saturated carbocycles. The molecule has 262 valence electrons. The second-order valence-corrected chi connectivity index (χ2v) is 14.4. The number of carbonyl (C=O) groups excluding carboxylic acids is 1. The number of phenolic OH excluding ortho intramolecular Hbond substituents is 1. The third-order valence-electron chi connectivity index (χ3n) is 9.32. The van der Waals surface area contributed by atoms with Crippen LogP contribution in [0.1, 0.15) is 133 Å². The van der Waals surface area contributed by atoms with Crippen LogP contribution in [-0.2, 0) is 20.9 Å². The fraction of sp³-hybridized carbons (Fsp3) is 0.537. The number of hydrogen-bond acceptors (Lipinski definition) is 6. The first kappa shape index (κ1) is 38.0. The quantitative estimate of drug-likeness (QED) is 0.0769. The molecule has 3 aromatic rings. The second-order valence-electron chi connectivity index (χ2n) is 13.3. The van der Waals surface area contributed by atoms with E-state index >= 15 is 0 Å². The lowest BCUT2D eigenvalue weighted by Gasteiger charge is -2.41. The van der Waals surface area contributed by atoms with Gasteiger partial charge in [-0.3, -0.25) is 4.79 Å². The number of anilines is 1. The lowest BCUT2D eigenvalue weighted by Crippen LogP contribution is -2.38. The number of aromatic hydroxyl groups is 1. The molecule has 4 rings (SSSR count). The Morgan fingerprint density at radius 1 is 0.771 bits per heavy atom. The normalized spacial score (nSPS) is 19.3. The summed E-state index contributed by atoms with van der Waals surface area (Å²) in [5.74, 6) is 1.07. The van der Waals surface area contributed by atoms with Crippen molar-refractivity contribution in [3.05, 3.63) is 89.5 Å². The minimum absolute atomic E-state index is 0.00312. The number of ether oxygens (including phenoxy) is 2. The van der Waals surface area contributed by atoms with Gasteiger partial charge in [0.25, 0.3) is 0 Å². The van der Waals surface area contributed by atoms with Crippen LogP contribution >= 0.6 is 11.8 Å². The number of thioether (sulfide) groups is 1. The highest BCUT2D eigenvalue weighted by Crippen LogP contribution is 2.43. The maximum Gasteiger partial charge on any atom is 0.224 e. The SMILES string of the molecule is CCCCCCCCCCCCCCCC(=O)Nc1cccc(C2OC(CSc3ccc(O)cc3)C(C)C(c3ccc(CO)cc3)O2)c1.